The van der Waals surface area contributed by atoms with E-state index in [0.29, 0.717) is 24.9 Å². The number of nitrogens with one attached hydrogen (secondary N) is 1. The van der Waals surface area contributed by atoms with Crippen LogP contribution in [0, 0.1) is 16.6 Å². The molecule has 3 N–H and O–H groups in total. The van der Waals surface area contributed by atoms with Gasteiger partial charge < -0.3 is 15.5 Å². The number of benzene rings is 1. The van der Waals surface area contributed by atoms with E-state index in [0.717, 1.165) is 16.3 Å². The number of hydrogen-bond acceptors (Lipinski definition) is 3. The summed E-state index contributed by atoms with van der Waals surface area (Å²) in [6, 6.07) is 1.90. The molecule has 0 saturated carbocycles. The van der Waals surface area contributed by atoms with Crippen molar-refractivity contribution in [1.29, 1.82) is 0 Å². The molecule has 1 unspecified atom stereocenters. The minimum absolute atomic E-state index is 0.0399. The predicted octanol–water partition coefficient (Wildman–Crippen LogP) is 3.96. The first-order valence-corrected chi connectivity index (χ1v) is 10.3. The minimum atomic E-state index is -0.938. The van der Waals surface area contributed by atoms with Crippen LogP contribution in [0.4, 0.5) is 5.69 Å². The van der Waals surface area contributed by atoms with Crippen LogP contribution in [-0.2, 0) is 20.8 Å². The summed E-state index contributed by atoms with van der Waals surface area (Å²) in [5, 5.41) is 20.9. The maximum absolute atomic E-state index is 11.5. The molecule has 1 amide bonds. The van der Waals surface area contributed by atoms with Crippen molar-refractivity contribution in [3.8, 4) is 0 Å². The number of amides is 1. The van der Waals surface area contributed by atoms with Crippen molar-refractivity contribution < 1.29 is 24.6 Å². The zero-order valence-corrected chi connectivity index (χ0v) is 19.2. The van der Waals surface area contributed by atoms with Crippen molar-refractivity contribution in [3.63, 3.8) is 0 Å². The molecule has 132 valence electrons. The normalized spacial score (nSPS) is 11.8. The van der Waals surface area contributed by atoms with Crippen LogP contribution >= 0.6 is 67.8 Å². The molecule has 0 heterocycles. The maximum atomic E-state index is 11.5. The van der Waals surface area contributed by atoms with Crippen molar-refractivity contribution in [3.05, 3.63) is 22.3 Å². The van der Waals surface area contributed by atoms with Gasteiger partial charge in [-0.1, -0.05) is 0 Å². The summed E-state index contributed by atoms with van der Waals surface area (Å²) in [5.41, 5.74) is 1.55. The average Bonchev–Trinajstić information content (AvgIpc) is 2.45. The van der Waals surface area contributed by atoms with Crippen LogP contribution in [-0.4, -0.2) is 28.1 Å². The van der Waals surface area contributed by atoms with E-state index in [1.807, 2.05) is 6.07 Å². The molecular weight excluding hydrogens is 655 g/mol. The summed E-state index contributed by atoms with van der Waals surface area (Å²) >= 11 is 6.41. The van der Waals surface area contributed by atoms with Gasteiger partial charge in [0.2, 0.25) is 5.91 Å². The first-order chi connectivity index (χ1) is 11.1. The summed E-state index contributed by atoms with van der Waals surface area (Å²) in [7, 11) is 0. The lowest BCUT2D eigenvalue weighted by molar-refractivity contribution is -0.143. The molecule has 1 rings (SSSR count). The highest BCUT2D eigenvalue weighted by Gasteiger charge is 2.23. The topological polar surface area (TPSA) is 104 Å². The van der Waals surface area contributed by atoms with Gasteiger partial charge in [0.1, 0.15) is 0 Å². The molecular formula is C15H16I3NO5. The second kappa shape index (κ2) is 10.1. The molecule has 0 aliphatic carbocycles. The Hall–Kier alpha value is -0.180. The van der Waals surface area contributed by atoms with Crippen molar-refractivity contribution in [2.24, 2.45) is 5.92 Å². The van der Waals surface area contributed by atoms with Gasteiger partial charge in [-0.25, -0.2) is 0 Å². The van der Waals surface area contributed by atoms with Gasteiger partial charge in [0.15, 0.2) is 0 Å². The van der Waals surface area contributed by atoms with Gasteiger partial charge in [-0.15, -0.1) is 0 Å². The Morgan fingerprint density at radius 3 is 2.29 bits per heavy atom. The van der Waals surface area contributed by atoms with Gasteiger partial charge >= 0.3 is 11.9 Å². The molecule has 9 heteroatoms. The van der Waals surface area contributed by atoms with E-state index < -0.39 is 17.9 Å². The summed E-state index contributed by atoms with van der Waals surface area (Å²) < 4.78 is 2.64. The smallest absolute Gasteiger partial charge is 0.306 e. The number of anilines is 1. The molecule has 1 aromatic rings. The Balaban J connectivity index is 3.07. The zero-order chi connectivity index (χ0) is 18.4. The molecule has 0 fully saturated rings. The van der Waals surface area contributed by atoms with E-state index >= 15 is 0 Å². The molecule has 0 spiro atoms. The van der Waals surface area contributed by atoms with Crippen LogP contribution in [0.2, 0.25) is 0 Å². The second-order valence-electron chi connectivity index (χ2n) is 5.21. The number of rotatable bonds is 8. The SMILES string of the molecule is CC(=O)Nc1c(I)cc(I)c(CC(CCCC(=O)O)C(=O)O)c1I. The Labute approximate surface area is 180 Å². The fraction of sp³-hybridized carbons (Fsp3) is 0.400. The number of carbonyl (C=O) groups excluding carboxylic acids is 1. The van der Waals surface area contributed by atoms with Crippen LogP contribution in [0.3, 0.4) is 0 Å². The molecule has 0 bridgehead atoms. The van der Waals surface area contributed by atoms with Crippen LogP contribution in [0.1, 0.15) is 31.7 Å². The zero-order valence-electron chi connectivity index (χ0n) is 12.7. The minimum Gasteiger partial charge on any atom is -0.481 e. The Morgan fingerprint density at radius 1 is 1.17 bits per heavy atom. The third kappa shape index (κ3) is 6.61. The third-order valence-electron chi connectivity index (χ3n) is 3.31. The lowest BCUT2D eigenvalue weighted by Gasteiger charge is -2.18. The number of carboxylic acid groups (broad SMARTS) is 2. The van der Waals surface area contributed by atoms with E-state index in [1.165, 1.54) is 6.92 Å². The highest BCUT2D eigenvalue weighted by Crippen LogP contribution is 2.33. The number of hydrogen-bond donors (Lipinski definition) is 3. The third-order valence-corrected chi connectivity index (χ3v) is 6.31. The highest BCUT2D eigenvalue weighted by molar-refractivity contribution is 14.1. The fourth-order valence-electron chi connectivity index (χ4n) is 2.17. The number of carbonyl (C=O) groups is 3. The fourth-order valence-corrected chi connectivity index (χ4v) is 6.25. The first kappa shape index (κ1) is 21.9. The Morgan fingerprint density at radius 2 is 1.79 bits per heavy atom. The molecule has 0 aliphatic heterocycles. The molecule has 0 aromatic heterocycles. The second-order valence-corrected chi connectivity index (χ2v) is 8.62. The molecule has 0 radical (unpaired) electrons. The number of carboxylic acids is 2. The molecule has 1 aromatic carbocycles. The van der Waals surface area contributed by atoms with Crippen molar-refractivity contribution in [2.75, 3.05) is 5.32 Å². The van der Waals surface area contributed by atoms with E-state index in [1.54, 1.807) is 0 Å². The van der Waals surface area contributed by atoms with Gasteiger partial charge in [-0.2, -0.15) is 0 Å². The van der Waals surface area contributed by atoms with E-state index in [2.05, 4.69) is 73.1 Å². The first-order valence-electron chi connectivity index (χ1n) is 7.02. The van der Waals surface area contributed by atoms with Crippen LogP contribution in [0.15, 0.2) is 6.07 Å². The summed E-state index contributed by atoms with van der Waals surface area (Å²) in [4.78, 5) is 33.5. The molecule has 24 heavy (non-hydrogen) atoms. The Kier molecular flexibility index (Phi) is 9.19. The standard InChI is InChI=1S/C15H16I3NO5/c1-7(20)19-14-11(17)6-10(16)9(13(14)18)5-8(15(23)24)3-2-4-12(21)22/h6,8H,2-5H2,1H3,(H,19,20)(H,21,22)(H,23,24). The lowest BCUT2D eigenvalue weighted by atomic mass is 9.94. The van der Waals surface area contributed by atoms with E-state index in [-0.39, 0.29) is 12.3 Å². The molecule has 6 nitrogen and oxygen atoms in total. The van der Waals surface area contributed by atoms with Crippen molar-refractivity contribution >= 4 is 91.3 Å². The van der Waals surface area contributed by atoms with Crippen LogP contribution < -0.4 is 5.32 Å². The van der Waals surface area contributed by atoms with Gasteiger partial charge in [0, 0.05) is 24.1 Å². The lowest BCUT2D eigenvalue weighted by Crippen LogP contribution is -2.19. The molecule has 1 atom stereocenters. The summed E-state index contributed by atoms with van der Waals surface area (Å²) in [6.45, 7) is 1.43. The Bertz CT molecular complexity index is 663. The van der Waals surface area contributed by atoms with Crippen molar-refractivity contribution in [2.45, 2.75) is 32.6 Å². The van der Waals surface area contributed by atoms with Crippen molar-refractivity contribution in [1.82, 2.24) is 0 Å². The van der Waals surface area contributed by atoms with Crippen LogP contribution in [0.5, 0.6) is 0 Å². The van der Waals surface area contributed by atoms with Crippen LogP contribution in [0.25, 0.3) is 0 Å². The largest absolute Gasteiger partial charge is 0.481 e. The summed E-state index contributed by atoms with van der Waals surface area (Å²) in [5.74, 6) is -2.71. The number of aliphatic carboxylic acids is 2. The van der Waals surface area contributed by atoms with E-state index in [9.17, 15) is 19.5 Å². The predicted molar refractivity (Wildman–Crippen MR) is 115 cm³/mol. The maximum Gasteiger partial charge on any atom is 0.306 e. The molecule has 0 aliphatic rings. The highest BCUT2D eigenvalue weighted by atomic mass is 127. The van der Waals surface area contributed by atoms with Gasteiger partial charge in [-0.3, -0.25) is 14.4 Å². The van der Waals surface area contributed by atoms with E-state index in [4.69, 9.17) is 5.11 Å². The average molecular weight is 671 g/mol. The summed E-state index contributed by atoms with van der Waals surface area (Å²) in [6.07, 6.45) is 0.883. The monoisotopic (exact) mass is 671 g/mol. The molecule has 0 saturated heterocycles. The van der Waals surface area contributed by atoms with Gasteiger partial charge in [0.05, 0.1) is 11.6 Å². The quantitative estimate of drug-likeness (QED) is 0.364. The number of halogens is 3. The van der Waals surface area contributed by atoms with Gasteiger partial charge in [-0.05, 0) is 98.7 Å². The van der Waals surface area contributed by atoms with Gasteiger partial charge in [0.25, 0.3) is 0 Å².